The highest BCUT2D eigenvalue weighted by atomic mass is 35.5. The molecule has 3 rings (SSSR count). The Labute approximate surface area is 124 Å². The predicted octanol–water partition coefficient (Wildman–Crippen LogP) is 2.55. The van der Waals surface area contributed by atoms with Crippen molar-refractivity contribution < 1.29 is 0 Å². The summed E-state index contributed by atoms with van der Waals surface area (Å²) in [5.74, 6) is 0.826. The Bertz CT molecular complexity index is 613. The molecule has 1 aliphatic rings. The molecule has 1 aliphatic heterocycles. The van der Waals surface area contributed by atoms with E-state index < -0.39 is 0 Å². The lowest BCUT2D eigenvalue weighted by molar-refractivity contribution is 0.216. The van der Waals surface area contributed by atoms with Crippen molar-refractivity contribution in [3.63, 3.8) is 0 Å². The van der Waals surface area contributed by atoms with Gasteiger partial charge in [-0.15, -0.1) is 0 Å². The van der Waals surface area contributed by atoms with Crippen LogP contribution in [0.1, 0.15) is 26.0 Å². The summed E-state index contributed by atoms with van der Waals surface area (Å²) in [6, 6.07) is 0.518. The van der Waals surface area contributed by atoms with Crippen LogP contribution in [0.3, 0.4) is 0 Å². The van der Waals surface area contributed by atoms with Gasteiger partial charge in [-0.05, 0) is 20.3 Å². The molecule has 0 atom stereocenters. The fourth-order valence-electron chi connectivity index (χ4n) is 2.68. The van der Waals surface area contributed by atoms with Gasteiger partial charge in [-0.2, -0.15) is 5.10 Å². The topological polar surface area (TPSA) is 38.9 Å². The van der Waals surface area contributed by atoms with Crippen LogP contribution in [0.4, 0.5) is 0 Å². The van der Waals surface area contributed by atoms with Gasteiger partial charge < -0.3 is 4.57 Å². The summed E-state index contributed by atoms with van der Waals surface area (Å²) in [4.78, 5) is 6.80. The third-order valence-corrected chi connectivity index (χ3v) is 4.32. The van der Waals surface area contributed by atoms with E-state index in [1.165, 1.54) is 0 Å². The molecule has 2 aromatic heterocycles. The molecular formula is C14H20ClN5. The van der Waals surface area contributed by atoms with Crippen LogP contribution in [-0.2, 0) is 20.1 Å². The van der Waals surface area contributed by atoms with Gasteiger partial charge in [-0.3, -0.25) is 9.58 Å². The number of rotatable bonds is 2. The summed E-state index contributed by atoms with van der Waals surface area (Å²) in [7, 11) is 1.96. The van der Waals surface area contributed by atoms with E-state index in [4.69, 9.17) is 11.6 Å². The van der Waals surface area contributed by atoms with Crippen LogP contribution in [0.15, 0.2) is 12.4 Å². The lowest BCUT2D eigenvalue weighted by Gasteiger charge is -2.23. The molecule has 0 radical (unpaired) electrons. The van der Waals surface area contributed by atoms with E-state index in [0.717, 1.165) is 48.3 Å². The Kier molecular flexibility index (Phi) is 3.56. The van der Waals surface area contributed by atoms with E-state index in [0.29, 0.717) is 6.04 Å². The molecule has 0 bridgehead atoms. The molecule has 0 saturated carbocycles. The van der Waals surface area contributed by atoms with Crippen molar-refractivity contribution in [1.29, 1.82) is 0 Å². The van der Waals surface area contributed by atoms with Crippen LogP contribution in [0.5, 0.6) is 0 Å². The smallest absolute Gasteiger partial charge is 0.161 e. The van der Waals surface area contributed by atoms with Crippen LogP contribution in [0, 0.1) is 0 Å². The van der Waals surface area contributed by atoms with Gasteiger partial charge in [-0.25, -0.2) is 4.98 Å². The van der Waals surface area contributed by atoms with Gasteiger partial charge in [0.15, 0.2) is 5.82 Å². The first kappa shape index (κ1) is 13.6. The zero-order chi connectivity index (χ0) is 14.3. The predicted molar refractivity (Wildman–Crippen MR) is 79.6 cm³/mol. The molecule has 0 spiro atoms. The minimum Gasteiger partial charge on any atom is -0.333 e. The zero-order valence-corrected chi connectivity index (χ0v) is 12.9. The molecule has 5 nitrogen and oxygen atoms in total. The quantitative estimate of drug-likeness (QED) is 0.854. The molecule has 6 heteroatoms. The lowest BCUT2D eigenvalue weighted by atomic mass is 10.2. The highest BCUT2D eigenvalue weighted by Crippen LogP contribution is 2.31. The largest absolute Gasteiger partial charge is 0.333 e. The number of aromatic nitrogens is 4. The third kappa shape index (κ3) is 2.25. The maximum atomic E-state index is 6.58. The molecule has 0 aliphatic carbocycles. The fraction of sp³-hybridized carbons (Fsp3) is 0.571. The van der Waals surface area contributed by atoms with Crippen molar-refractivity contribution in [1.82, 2.24) is 24.2 Å². The standard InChI is InChI=1S/C14H20ClN5/c1-10(2)19-6-4-7-20-11(9-19)12(15)13(17-20)14-16-5-8-18(14)3/h5,8,10H,4,6-7,9H2,1-3H3. The summed E-state index contributed by atoms with van der Waals surface area (Å²) < 4.78 is 4.00. The molecule has 0 N–H and O–H groups in total. The average Bonchev–Trinajstić information content (AvgIpc) is 2.86. The van der Waals surface area contributed by atoms with Gasteiger partial charge in [0.2, 0.25) is 0 Å². The first-order valence-corrected chi connectivity index (χ1v) is 7.42. The molecular weight excluding hydrogens is 274 g/mol. The number of hydrogen-bond donors (Lipinski definition) is 0. The van der Waals surface area contributed by atoms with E-state index >= 15 is 0 Å². The van der Waals surface area contributed by atoms with Gasteiger partial charge in [0.25, 0.3) is 0 Å². The average molecular weight is 294 g/mol. The summed E-state index contributed by atoms with van der Waals surface area (Å²) >= 11 is 6.58. The van der Waals surface area contributed by atoms with E-state index in [1.807, 2.05) is 17.8 Å². The number of aryl methyl sites for hydroxylation is 2. The number of nitrogens with zero attached hydrogens (tertiary/aromatic N) is 5. The number of imidazole rings is 1. The summed E-state index contributed by atoms with van der Waals surface area (Å²) in [5, 5.41) is 5.42. The van der Waals surface area contributed by atoms with Crippen molar-refractivity contribution in [2.45, 2.75) is 39.4 Å². The molecule has 108 valence electrons. The van der Waals surface area contributed by atoms with Crippen molar-refractivity contribution in [2.24, 2.45) is 7.05 Å². The van der Waals surface area contributed by atoms with Crippen molar-refractivity contribution in [2.75, 3.05) is 6.54 Å². The molecule has 0 unspecified atom stereocenters. The van der Waals surface area contributed by atoms with Crippen LogP contribution in [0.25, 0.3) is 11.5 Å². The van der Waals surface area contributed by atoms with Crippen molar-refractivity contribution in [3.8, 4) is 11.5 Å². The summed E-state index contributed by atoms with van der Waals surface area (Å²) in [6.07, 6.45) is 4.79. The number of hydrogen-bond acceptors (Lipinski definition) is 3. The summed E-state index contributed by atoms with van der Waals surface area (Å²) in [6.45, 7) is 7.31. The first-order chi connectivity index (χ1) is 9.58. The normalized spacial score (nSPS) is 16.4. The Morgan fingerprint density at radius 2 is 2.10 bits per heavy atom. The second-order valence-electron chi connectivity index (χ2n) is 5.61. The van der Waals surface area contributed by atoms with Crippen LogP contribution < -0.4 is 0 Å². The zero-order valence-electron chi connectivity index (χ0n) is 12.2. The Balaban J connectivity index is 2.02. The van der Waals surface area contributed by atoms with Gasteiger partial charge in [0, 0.05) is 45.1 Å². The Morgan fingerprint density at radius 3 is 2.75 bits per heavy atom. The maximum Gasteiger partial charge on any atom is 0.161 e. The van der Waals surface area contributed by atoms with Gasteiger partial charge in [-0.1, -0.05) is 11.6 Å². The minimum atomic E-state index is 0.518. The highest BCUT2D eigenvalue weighted by molar-refractivity contribution is 6.33. The second-order valence-corrected chi connectivity index (χ2v) is 5.99. The fourth-order valence-corrected chi connectivity index (χ4v) is 2.96. The van der Waals surface area contributed by atoms with Gasteiger partial charge in [0.05, 0.1) is 10.7 Å². The number of fused-ring (bicyclic) bond motifs is 1. The molecule has 2 aromatic rings. The van der Waals surface area contributed by atoms with Crippen LogP contribution in [0.2, 0.25) is 5.02 Å². The lowest BCUT2D eigenvalue weighted by Crippen LogP contribution is -2.30. The van der Waals surface area contributed by atoms with Crippen LogP contribution >= 0.6 is 11.6 Å². The highest BCUT2D eigenvalue weighted by Gasteiger charge is 2.24. The molecule has 0 amide bonds. The van der Waals surface area contributed by atoms with Crippen LogP contribution in [-0.4, -0.2) is 36.8 Å². The Hall–Kier alpha value is -1.33. The molecule has 20 heavy (non-hydrogen) atoms. The van der Waals surface area contributed by atoms with Gasteiger partial charge >= 0.3 is 0 Å². The third-order valence-electron chi connectivity index (χ3n) is 3.92. The van der Waals surface area contributed by atoms with Crippen molar-refractivity contribution in [3.05, 3.63) is 23.1 Å². The number of halogens is 1. The molecule has 0 fully saturated rings. The summed E-state index contributed by atoms with van der Waals surface area (Å²) in [5.41, 5.74) is 1.90. The van der Waals surface area contributed by atoms with E-state index in [2.05, 4.69) is 33.5 Å². The maximum absolute atomic E-state index is 6.58. The van der Waals surface area contributed by atoms with E-state index in [-0.39, 0.29) is 0 Å². The minimum absolute atomic E-state index is 0.518. The first-order valence-electron chi connectivity index (χ1n) is 7.05. The van der Waals surface area contributed by atoms with Crippen molar-refractivity contribution >= 4 is 11.6 Å². The monoisotopic (exact) mass is 293 g/mol. The Morgan fingerprint density at radius 1 is 1.30 bits per heavy atom. The molecule has 0 saturated heterocycles. The van der Waals surface area contributed by atoms with Gasteiger partial charge in [0.1, 0.15) is 5.69 Å². The molecule has 3 heterocycles. The second kappa shape index (κ2) is 5.22. The molecule has 0 aromatic carbocycles. The van der Waals surface area contributed by atoms with E-state index in [1.54, 1.807) is 6.20 Å². The SMILES string of the molecule is CC(C)N1CCCn2nc(-c3nccn3C)c(Cl)c2C1. The van der Waals surface area contributed by atoms with E-state index in [9.17, 15) is 0 Å².